The molecule has 0 aliphatic carbocycles. The van der Waals surface area contributed by atoms with Gasteiger partial charge in [0.05, 0.1) is 6.04 Å². The van der Waals surface area contributed by atoms with Gasteiger partial charge in [-0.05, 0) is 19.4 Å². The summed E-state index contributed by atoms with van der Waals surface area (Å²) in [7, 11) is 0. The Morgan fingerprint density at radius 1 is 1.54 bits per heavy atom. The van der Waals surface area contributed by atoms with Gasteiger partial charge in [0.25, 0.3) is 0 Å². The fourth-order valence-corrected chi connectivity index (χ4v) is 1.10. The van der Waals surface area contributed by atoms with Gasteiger partial charge in [0.2, 0.25) is 0 Å². The summed E-state index contributed by atoms with van der Waals surface area (Å²) in [5.41, 5.74) is 11.0. The average molecular weight is 184 g/mol. The maximum Gasteiger partial charge on any atom is 0.156 e. The minimum Gasteiger partial charge on any atom is -0.330 e. The molecule has 0 fully saturated rings. The van der Waals surface area contributed by atoms with E-state index in [1.165, 1.54) is 0 Å². The van der Waals surface area contributed by atoms with Gasteiger partial charge in [0.1, 0.15) is 0 Å². The molecule has 0 bridgehead atoms. The van der Waals surface area contributed by atoms with E-state index in [9.17, 15) is 4.79 Å². The lowest BCUT2D eigenvalue weighted by Crippen LogP contribution is -2.34. The number of hydrogen-bond donors (Lipinski definition) is 2. The van der Waals surface area contributed by atoms with Crippen molar-refractivity contribution in [1.29, 1.82) is 0 Å². The predicted octanol–water partition coefficient (Wildman–Crippen LogP) is 0.834. The van der Waals surface area contributed by atoms with Gasteiger partial charge in [-0.2, -0.15) is 0 Å². The molecule has 0 amide bonds. The van der Waals surface area contributed by atoms with Crippen LogP contribution in [0, 0.1) is 5.92 Å². The van der Waals surface area contributed by atoms with Crippen LogP contribution in [-0.2, 0) is 4.79 Å². The summed E-state index contributed by atoms with van der Waals surface area (Å²) >= 11 is 0. The fraction of sp³-hybridized carbons (Fsp3) is 0.700. The van der Waals surface area contributed by atoms with Crippen LogP contribution >= 0.6 is 0 Å². The Labute approximate surface area is 80.2 Å². The van der Waals surface area contributed by atoms with Gasteiger partial charge in [-0.15, -0.1) is 6.58 Å². The molecule has 0 rings (SSSR count). The van der Waals surface area contributed by atoms with Crippen molar-refractivity contribution >= 4 is 5.78 Å². The van der Waals surface area contributed by atoms with E-state index in [1.807, 2.05) is 6.92 Å². The van der Waals surface area contributed by atoms with Crippen LogP contribution in [0.4, 0.5) is 0 Å². The molecule has 0 aromatic carbocycles. The number of carbonyl (C=O) groups is 1. The van der Waals surface area contributed by atoms with Crippen LogP contribution in [0.5, 0.6) is 0 Å². The molecule has 0 heterocycles. The van der Waals surface area contributed by atoms with Gasteiger partial charge in [-0.3, -0.25) is 4.79 Å². The summed E-state index contributed by atoms with van der Waals surface area (Å²) in [6.07, 6.45) is 4.22. The van der Waals surface area contributed by atoms with Crippen molar-refractivity contribution < 1.29 is 4.79 Å². The molecule has 4 N–H and O–H groups in total. The molecule has 0 saturated carbocycles. The van der Waals surface area contributed by atoms with Gasteiger partial charge in [0.15, 0.2) is 5.78 Å². The smallest absolute Gasteiger partial charge is 0.156 e. The minimum absolute atomic E-state index is 0.0759. The van der Waals surface area contributed by atoms with Crippen LogP contribution in [0.2, 0.25) is 0 Å². The normalized spacial score (nSPS) is 15.0. The molecule has 3 heteroatoms. The first-order valence-electron chi connectivity index (χ1n) is 4.75. The van der Waals surface area contributed by atoms with Crippen molar-refractivity contribution in [1.82, 2.24) is 0 Å². The number of unbranched alkanes of at least 4 members (excludes halogenated alkanes) is 1. The maximum atomic E-state index is 11.4. The van der Waals surface area contributed by atoms with Crippen LogP contribution in [0.1, 0.15) is 26.2 Å². The first-order valence-corrected chi connectivity index (χ1v) is 4.75. The summed E-state index contributed by atoms with van der Waals surface area (Å²) in [5.74, 6) is -0.0557. The molecule has 13 heavy (non-hydrogen) atoms. The van der Waals surface area contributed by atoms with Gasteiger partial charge in [-0.1, -0.05) is 19.4 Å². The zero-order chi connectivity index (χ0) is 10.3. The Kier molecular flexibility index (Phi) is 6.45. The number of ketones is 1. The molecule has 0 spiro atoms. The first kappa shape index (κ1) is 12.3. The van der Waals surface area contributed by atoms with E-state index in [4.69, 9.17) is 11.5 Å². The van der Waals surface area contributed by atoms with Crippen molar-refractivity contribution in [2.75, 3.05) is 6.54 Å². The molecule has 0 saturated heterocycles. The predicted molar refractivity (Wildman–Crippen MR) is 55.2 cm³/mol. The van der Waals surface area contributed by atoms with E-state index in [0.717, 1.165) is 19.3 Å². The highest BCUT2D eigenvalue weighted by atomic mass is 16.1. The Morgan fingerprint density at radius 3 is 2.62 bits per heavy atom. The molecule has 3 nitrogen and oxygen atoms in total. The van der Waals surface area contributed by atoms with E-state index in [0.29, 0.717) is 6.54 Å². The topological polar surface area (TPSA) is 69.1 Å². The highest BCUT2D eigenvalue weighted by Crippen LogP contribution is 2.06. The highest BCUT2D eigenvalue weighted by Gasteiger charge is 2.16. The number of hydrogen-bond acceptors (Lipinski definition) is 3. The molecule has 0 radical (unpaired) electrons. The number of rotatable bonds is 7. The number of allylic oxidation sites excluding steroid dienone is 1. The number of nitrogens with two attached hydrogens (primary N) is 2. The maximum absolute atomic E-state index is 11.4. The summed E-state index contributed by atoms with van der Waals surface area (Å²) in [6, 6.07) is -0.348. The van der Waals surface area contributed by atoms with Crippen molar-refractivity contribution in [2.45, 2.75) is 32.2 Å². The fourth-order valence-electron chi connectivity index (χ4n) is 1.10. The second-order valence-electron chi connectivity index (χ2n) is 3.32. The molecule has 0 aliphatic rings. The standard InChI is InChI=1S/C10H20N2O/c1-3-8(2)10(13)9(12)6-4-5-7-11/h3,8-9H,1,4-7,11-12H2,2H3/t8?,9-/m0/s1. The van der Waals surface area contributed by atoms with E-state index < -0.39 is 0 Å². The molecule has 0 aromatic heterocycles. The molecule has 76 valence electrons. The monoisotopic (exact) mass is 184 g/mol. The van der Waals surface area contributed by atoms with Crippen molar-refractivity contribution in [3.63, 3.8) is 0 Å². The summed E-state index contributed by atoms with van der Waals surface area (Å²) in [4.78, 5) is 11.4. The van der Waals surface area contributed by atoms with Crippen LogP contribution in [0.25, 0.3) is 0 Å². The van der Waals surface area contributed by atoms with Crippen molar-refractivity contribution in [3.05, 3.63) is 12.7 Å². The van der Waals surface area contributed by atoms with Gasteiger partial charge < -0.3 is 11.5 Å². The van der Waals surface area contributed by atoms with Gasteiger partial charge >= 0.3 is 0 Å². The van der Waals surface area contributed by atoms with Crippen LogP contribution in [-0.4, -0.2) is 18.4 Å². The second kappa shape index (κ2) is 6.80. The average Bonchev–Trinajstić information content (AvgIpc) is 2.15. The van der Waals surface area contributed by atoms with E-state index in [1.54, 1.807) is 6.08 Å². The van der Waals surface area contributed by atoms with E-state index in [-0.39, 0.29) is 17.7 Å². The minimum atomic E-state index is -0.348. The molecule has 1 unspecified atom stereocenters. The van der Waals surface area contributed by atoms with Crippen LogP contribution in [0.15, 0.2) is 12.7 Å². The lowest BCUT2D eigenvalue weighted by Gasteiger charge is -2.12. The zero-order valence-electron chi connectivity index (χ0n) is 8.33. The Hall–Kier alpha value is -0.670. The molecule has 0 aromatic rings. The van der Waals surface area contributed by atoms with Crippen LogP contribution in [0.3, 0.4) is 0 Å². The largest absolute Gasteiger partial charge is 0.330 e. The third-order valence-corrected chi connectivity index (χ3v) is 2.14. The molecular formula is C10H20N2O. The van der Waals surface area contributed by atoms with Crippen LogP contribution < -0.4 is 11.5 Å². The zero-order valence-corrected chi connectivity index (χ0v) is 8.33. The quantitative estimate of drug-likeness (QED) is 0.455. The Balaban J connectivity index is 3.75. The van der Waals surface area contributed by atoms with Crippen molar-refractivity contribution in [3.8, 4) is 0 Å². The molecule has 2 atom stereocenters. The van der Waals surface area contributed by atoms with E-state index >= 15 is 0 Å². The number of Topliss-reactive ketones (excluding diaryl/α,β-unsaturated/α-hetero) is 1. The first-order chi connectivity index (χ1) is 6.13. The number of carbonyl (C=O) groups excluding carboxylic acids is 1. The Bertz CT molecular complexity index is 168. The third-order valence-electron chi connectivity index (χ3n) is 2.14. The lowest BCUT2D eigenvalue weighted by atomic mass is 9.97. The molecule has 0 aliphatic heterocycles. The van der Waals surface area contributed by atoms with E-state index in [2.05, 4.69) is 6.58 Å². The highest BCUT2D eigenvalue weighted by molar-refractivity contribution is 5.87. The molecular weight excluding hydrogens is 164 g/mol. The third kappa shape index (κ3) is 4.80. The van der Waals surface area contributed by atoms with Gasteiger partial charge in [0, 0.05) is 5.92 Å². The SMILES string of the molecule is C=CC(C)C(=O)[C@@H](N)CCCCN. The Morgan fingerprint density at radius 2 is 2.15 bits per heavy atom. The lowest BCUT2D eigenvalue weighted by molar-refractivity contribution is -0.122. The summed E-state index contributed by atoms with van der Waals surface area (Å²) in [6.45, 7) is 6.05. The second-order valence-corrected chi connectivity index (χ2v) is 3.32. The van der Waals surface area contributed by atoms with Crippen molar-refractivity contribution in [2.24, 2.45) is 17.4 Å². The summed E-state index contributed by atoms with van der Waals surface area (Å²) in [5, 5.41) is 0. The summed E-state index contributed by atoms with van der Waals surface area (Å²) < 4.78 is 0. The van der Waals surface area contributed by atoms with Gasteiger partial charge in [-0.25, -0.2) is 0 Å².